The second-order valence-corrected chi connectivity index (χ2v) is 5.59. The Labute approximate surface area is 101 Å². The van der Waals surface area contributed by atoms with Gasteiger partial charge >= 0.3 is 0 Å². The molecular formula is C11H19N3OS. The number of thiazole rings is 1. The topological polar surface area (TPSA) is 37.4 Å². The lowest BCUT2D eigenvalue weighted by molar-refractivity contribution is 0.394. The van der Waals surface area contributed by atoms with Gasteiger partial charge in [0.05, 0.1) is 12.0 Å². The van der Waals surface area contributed by atoms with Crippen LogP contribution in [0.1, 0.15) is 18.2 Å². The molecule has 1 aliphatic rings. The first-order chi connectivity index (χ1) is 7.61. The highest BCUT2D eigenvalue weighted by molar-refractivity contribution is 7.15. The summed E-state index contributed by atoms with van der Waals surface area (Å²) in [5, 5.41) is 4.52. The number of hydrogen-bond donors (Lipinski definition) is 1. The molecule has 2 atom stereocenters. The third-order valence-corrected chi connectivity index (χ3v) is 4.06. The zero-order chi connectivity index (χ0) is 11.7. The number of aromatic nitrogens is 1. The van der Waals surface area contributed by atoms with Gasteiger partial charge in [-0.2, -0.15) is 4.98 Å². The van der Waals surface area contributed by atoms with Crippen molar-refractivity contribution in [2.45, 2.75) is 25.9 Å². The summed E-state index contributed by atoms with van der Waals surface area (Å²) in [7, 11) is 5.68. The lowest BCUT2D eigenvalue weighted by Crippen LogP contribution is -2.16. The Kier molecular flexibility index (Phi) is 3.35. The number of nitrogens with zero attached hydrogens (tertiary/aromatic N) is 2. The van der Waals surface area contributed by atoms with Gasteiger partial charge in [-0.3, -0.25) is 0 Å². The van der Waals surface area contributed by atoms with E-state index in [1.165, 1.54) is 11.3 Å². The van der Waals surface area contributed by atoms with Crippen molar-refractivity contribution >= 4 is 16.5 Å². The monoisotopic (exact) mass is 241 g/mol. The third kappa shape index (κ3) is 2.47. The maximum Gasteiger partial charge on any atom is 0.230 e. The first kappa shape index (κ1) is 11.7. The average Bonchev–Trinajstić information content (AvgIpc) is 2.80. The molecule has 2 rings (SSSR count). The van der Waals surface area contributed by atoms with Crippen molar-refractivity contribution in [3.8, 4) is 5.88 Å². The molecule has 90 valence electrons. The quantitative estimate of drug-likeness (QED) is 0.851. The number of hydrogen-bond acceptors (Lipinski definition) is 5. The molecule has 4 nitrogen and oxygen atoms in total. The minimum absolute atomic E-state index is 0.689. The minimum atomic E-state index is 0.689. The van der Waals surface area contributed by atoms with Crippen molar-refractivity contribution < 1.29 is 4.74 Å². The van der Waals surface area contributed by atoms with Crippen molar-refractivity contribution in [1.29, 1.82) is 0 Å². The fourth-order valence-corrected chi connectivity index (χ4v) is 2.52. The zero-order valence-corrected chi connectivity index (χ0v) is 11.1. The first-order valence-electron chi connectivity index (χ1n) is 5.56. The molecule has 1 aliphatic carbocycles. The smallest absolute Gasteiger partial charge is 0.230 e. The van der Waals surface area contributed by atoms with E-state index < -0.39 is 0 Å². The standard InChI is InChI=1S/C11H19N3OS/c1-7-5-8(7)12-6-9-10(15-4)13-11(16-9)14(2)3/h7-8,12H,5-6H2,1-4H3. The van der Waals surface area contributed by atoms with Crippen LogP contribution in [-0.4, -0.2) is 32.2 Å². The van der Waals surface area contributed by atoms with Gasteiger partial charge in [0.25, 0.3) is 0 Å². The van der Waals surface area contributed by atoms with E-state index in [-0.39, 0.29) is 0 Å². The van der Waals surface area contributed by atoms with E-state index in [0.29, 0.717) is 6.04 Å². The van der Waals surface area contributed by atoms with Crippen LogP contribution in [0.15, 0.2) is 0 Å². The van der Waals surface area contributed by atoms with Gasteiger partial charge < -0.3 is 15.0 Å². The largest absolute Gasteiger partial charge is 0.480 e. The van der Waals surface area contributed by atoms with Crippen LogP contribution in [-0.2, 0) is 6.54 Å². The molecular weight excluding hydrogens is 222 g/mol. The molecule has 5 heteroatoms. The molecule has 1 saturated carbocycles. The molecule has 0 spiro atoms. The second kappa shape index (κ2) is 4.59. The van der Waals surface area contributed by atoms with E-state index in [2.05, 4.69) is 17.2 Å². The number of nitrogens with one attached hydrogen (secondary N) is 1. The van der Waals surface area contributed by atoms with Crippen molar-refractivity contribution in [2.75, 3.05) is 26.1 Å². The van der Waals surface area contributed by atoms with Gasteiger partial charge in [-0.25, -0.2) is 0 Å². The summed E-state index contributed by atoms with van der Waals surface area (Å²) in [5.74, 6) is 1.58. The van der Waals surface area contributed by atoms with Crippen molar-refractivity contribution in [2.24, 2.45) is 5.92 Å². The maximum atomic E-state index is 5.29. The predicted molar refractivity (Wildman–Crippen MR) is 67.4 cm³/mol. The number of rotatable bonds is 5. The molecule has 0 amide bonds. The van der Waals surface area contributed by atoms with Crippen LogP contribution < -0.4 is 15.0 Å². The van der Waals surface area contributed by atoms with Gasteiger partial charge in [0.1, 0.15) is 0 Å². The third-order valence-electron chi connectivity index (χ3n) is 2.86. The summed E-state index contributed by atoms with van der Waals surface area (Å²) >= 11 is 1.69. The van der Waals surface area contributed by atoms with Gasteiger partial charge in [0, 0.05) is 26.7 Å². The summed E-state index contributed by atoms with van der Waals surface area (Å²) < 4.78 is 5.29. The van der Waals surface area contributed by atoms with Gasteiger partial charge in [-0.05, 0) is 12.3 Å². The van der Waals surface area contributed by atoms with Crippen molar-refractivity contribution in [3.05, 3.63) is 4.88 Å². The van der Waals surface area contributed by atoms with Crippen LogP contribution in [0.25, 0.3) is 0 Å². The van der Waals surface area contributed by atoms with Crippen molar-refractivity contribution in [3.63, 3.8) is 0 Å². The van der Waals surface area contributed by atoms with Crippen molar-refractivity contribution in [1.82, 2.24) is 10.3 Å². The van der Waals surface area contributed by atoms with E-state index >= 15 is 0 Å². The molecule has 0 radical (unpaired) electrons. The van der Waals surface area contributed by atoms with Gasteiger partial charge in [0.2, 0.25) is 5.88 Å². The Morgan fingerprint density at radius 1 is 1.56 bits per heavy atom. The Morgan fingerprint density at radius 3 is 2.75 bits per heavy atom. The summed E-state index contributed by atoms with van der Waals surface area (Å²) in [4.78, 5) is 7.62. The number of methoxy groups -OCH3 is 1. The molecule has 0 aliphatic heterocycles. The highest BCUT2D eigenvalue weighted by Gasteiger charge is 2.32. The average molecular weight is 241 g/mol. The van der Waals surface area contributed by atoms with Crippen LogP contribution in [0.2, 0.25) is 0 Å². The lowest BCUT2D eigenvalue weighted by Gasteiger charge is -2.05. The summed E-state index contributed by atoms with van der Waals surface area (Å²) in [6.07, 6.45) is 1.29. The predicted octanol–water partition coefficient (Wildman–Crippen LogP) is 1.72. The van der Waals surface area contributed by atoms with Crippen LogP contribution >= 0.6 is 11.3 Å². The number of ether oxygens (including phenoxy) is 1. The van der Waals surface area contributed by atoms with E-state index in [1.54, 1.807) is 18.4 Å². The van der Waals surface area contributed by atoms with E-state index in [9.17, 15) is 0 Å². The normalized spacial score (nSPS) is 23.2. The van der Waals surface area contributed by atoms with Crippen LogP contribution in [0.5, 0.6) is 5.88 Å². The molecule has 0 aromatic carbocycles. The molecule has 0 saturated heterocycles. The van der Waals surface area contributed by atoms with Crippen LogP contribution in [0, 0.1) is 5.92 Å². The molecule has 1 aromatic rings. The van der Waals surface area contributed by atoms with E-state index in [0.717, 1.165) is 23.5 Å². The molecule has 1 N–H and O–H groups in total. The van der Waals surface area contributed by atoms with Crippen LogP contribution in [0.4, 0.5) is 5.13 Å². The lowest BCUT2D eigenvalue weighted by atomic mass is 10.4. The second-order valence-electron chi connectivity index (χ2n) is 4.52. The molecule has 1 aromatic heterocycles. The van der Waals surface area contributed by atoms with Crippen LogP contribution in [0.3, 0.4) is 0 Å². The minimum Gasteiger partial charge on any atom is -0.480 e. The molecule has 0 bridgehead atoms. The van der Waals surface area contributed by atoms with Gasteiger partial charge in [0.15, 0.2) is 5.13 Å². The highest BCUT2D eigenvalue weighted by atomic mass is 32.1. The molecule has 1 fully saturated rings. The first-order valence-corrected chi connectivity index (χ1v) is 6.38. The van der Waals surface area contributed by atoms with Gasteiger partial charge in [-0.1, -0.05) is 18.3 Å². The fourth-order valence-electron chi connectivity index (χ4n) is 1.62. The summed E-state index contributed by atoms with van der Waals surface area (Å²) in [5.41, 5.74) is 0. The van der Waals surface area contributed by atoms with Gasteiger partial charge in [-0.15, -0.1) is 0 Å². The Bertz CT molecular complexity index is 364. The zero-order valence-electron chi connectivity index (χ0n) is 10.3. The summed E-state index contributed by atoms with van der Waals surface area (Å²) in [6, 6.07) is 0.689. The molecule has 2 unspecified atom stereocenters. The highest BCUT2D eigenvalue weighted by Crippen LogP contribution is 2.33. The summed E-state index contributed by atoms with van der Waals surface area (Å²) in [6.45, 7) is 3.14. The Morgan fingerprint density at radius 2 is 2.25 bits per heavy atom. The Hall–Kier alpha value is -0.810. The Balaban J connectivity index is 2.00. The maximum absolute atomic E-state index is 5.29. The fraction of sp³-hybridized carbons (Fsp3) is 0.727. The van der Waals surface area contributed by atoms with E-state index in [1.807, 2.05) is 19.0 Å². The number of anilines is 1. The molecule has 16 heavy (non-hydrogen) atoms. The molecule has 1 heterocycles. The SMILES string of the molecule is COc1nc(N(C)C)sc1CNC1CC1C. The van der Waals surface area contributed by atoms with E-state index in [4.69, 9.17) is 4.74 Å².